The minimum Gasteiger partial charge on any atom is -0.482 e. The van der Waals surface area contributed by atoms with Crippen LogP contribution in [0.3, 0.4) is 0 Å². The van der Waals surface area contributed by atoms with Crippen LogP contribution in [0.4, 0.5) is 0 Å². The number of primary amides is 1. The number of carbonyl (C=O) groups excluding carboxylic acids is 2. The summed E-state index contributed by atoms with van der Waals surface area (Å²) in [5.41, 5.74) is 4.99. The minimum atomic E-state index is -3.78. The molecule has 0 aliphatic heterocycles. The van der Waals surface area contributed by atoms with Crippen LogP contribution in [-0.2, 0) is 19.4 Å². The first-order chi connectivity index (χ1) is 11.8. The summed E-state index contributed by atoms with van der Waals surface area (Å²) in [5.74, 6) is -2.40. The van der Waals surface area contributed by atoms with Crippen molar-refractivity contribution >= 4 is 37.6 Å². The van der Waals surface area contributed by atoms with E-state index in [1.807, 2.05) is 0 Å². The number of nitrogens with two attached hydrogens (primary N) is 1. The highest BCUT2D eigenvalue weighted by atomic mass is 79.9. The quantitative estimate of drug-likeness (QED) is 0.675. The monoisotopic (exact) mass is 427 g/mol. The van der Waals surface area contributed by atoms with Crippen LogP contribution in [0.5, 0.6) is 5.75 Å². The van der Waals surface area contributed by atoms with E-state index in [4.69, 9.17) is 15.2 Å². The van der Waals surface area contributed by atoms with E-state index in [-0.39, 0.29) is 16.2 Å². The van der Waals surface area contributed by atoms with Crippen molar-refractivity contribution in [2.75, 3.05) is 12.5 Å². The van der Waals surface area contributed by atoms with Gasteiger partial charge in [-0.15, -0.1) is 0 Å². The molecule has 2 aromatic rings. The summed E-state index contributed by atoms with van der Waals surface area (Å²) in [6.07, 6.45) is 0. The highest BCUT2D eigenvalue weighted by Crippen LogP contribution is 2.29. The summed E-state index contributed by atoms with van der Waals surface area (Å²) < 4.78 is 34.8. The van der Waals surface area contributed by atoms with E-state index < -0.39 is 34.3 Å². The smallest absolute Gasteiger partial charge is 0.342 e. The van der Waals surface area contributed by atoms with Crippen LogP contribution in [-0.4, -0.2) is 32.8 Å². The molecule has 25 heavy (non-hydrogen) atoms. The molecule has 0 unspecified atom stereocenters. The highest BCUT2D eigenvalue weighted by molar-refractivity contribution is 9.10. The SMILES string of the molecule is NC(=O)COc1c(Br)cccc1C(=O)OCS(=O)(=O)c1ccccc1. The summed E-state index contributed by atoms with van der Waals surface area (Å²) in [7, 11) is -3.78. The Balaban J connectivity index is 2.16. The molecule has 7 nitrogen and oxygen atoms in total. The van der Waals surface area contributed by atoms with Crippen LogP contribution in [0.15, 0.2) is 57.9 Å². The third-order valence-corrected chi connectivity index (χ3v) is 5.04. The van der Waals surface area contributed by atoms with E-state index in [1.165, 1.54) is 18.2 Å². The van der Waals surface area contributed by atoms with Gasteiger partial charge in [0, 0.05) is 0 Å². The maximum Gasteiger partial charge on any atom is 0.342 e. The van der Waals surface area contributed by atoms with E-state index >= 15 is 0 Å². The molecule has 0 fully saturated rings. The van der Waals surface area contributed by atoms with Gasteiger partial charge in [-0.25, -0.2) is 13.2 Å². The first-order valence-corrected chi connectivity index (χ1v) is 9.40. The Morgan fingerprint density at radius 3 is 2.36 bits per heavy atom. The minimum absolute atomic E-state index is 0.0288. The number of para-hydroxylation sites is 1. The lowest BCUT2D eigenvalue weighted by atomic mass is 10.2. The second kappa shape index (κ2) is 8.13. The summed E-state index contributed by atoms with van der Waals surface area (Å²) >= 11 is 3.19. The van der Waals surface area contributed by atoms with Crippen molar-refractivity contribution in [2.24, 2.45) is 5.73 Å². The first-order valence-electron chi connectivity index (χ1n) is 6.96. The molecular weight excluding hydrogens is 414 g/mol. The largest absolute Gasteiger partial charge is 0.482 e. The Morgan fingerprint density at radius 1 is 1.04 bits per heavy atom. The first kappa shape index (κ1) is 18.9. The van der Waals surface area contributed by atoms with E-state index in [2.05, 4.69) is 15.9 Å². The molecule has 2 aromatic carbocycles. The van der Waals surface area contributed by atoms with Crippen molar-refractivity contribution in [3.63, 3.8) is 0 Å². The van der Waals surface area contributed by atoms with Crippen molar-refractivity contribution < 1.29 is 27.5 Å². The molecule has 9 heteroatoms. The van der Waals surface area contributed by atoms with E-state index in [0.29, 0.717) is 4.47 Å². The average Bonchev–Trinajstić information content (AvgIpc) is 2.59. The molecule has 0 radical (unpaired) electrons. The molecule has 1 amide bonds. The van der Waals surface area contributed by atoms with Gasteiger partial charge in [0.1, 0.15) is 11.3 Å². The lowest BCUT2D eigenvalue weighted by Gasteiger charge is -2.12. The number of rotatable bonds is 7. The third kappa shape index (κ3) is 5.04. The molecule has 2 N–H and O–H groups in total. The number of ether oxygens (including phenoxy) is 2. The zero-order valence-electron chi connectivity index (χ0n) is 12.8. The van der Waals surface area contributed by atoms with E-state index in [0.717, 1.165) is 0 Å². The summed E-state index contributed by atoms with van der Waals surface area (Å²) in [5, 5.41) is 0. The topological polar surface area (TPSA) is 113 Å². The van der Waals surface area contributed by atoms with Crippen LogP contribution in [0.25, 0.3) is 0 Å². The molecule has 0 saturated heterocycles. The fourth-order valence-electron chi connectivity index (χ4n) is 1.86. The molecule has 0 aliphatic carbocycles. The van der Waals surface area contributed by atoms with Crippen molar-refractivity contribution in [1.29, 1.82) is 0 Å². The fraction of sp³-hybridized carbons (Fsp3) is 0.125. The van der Waals surface area contributed by atoms with Gasteiger partial charge in [0.25, 0.3) is 5.91 Å². The predicted octanol–water partition coefficient (Wildman–Crippen LogP) is 1.90. The lowest BCUT2D eigenvalue weighted by molar-refractivity contribution is -0.119. The molecular formula is C16H14BrNO6S. The van der Waals surface area contributed by atoms with Gasteiger partial charge in [0.2, 0.25) is 9.84 Å². The second-order valence-electron chi connectivity index (χ2n) is 4.85. The van der Waals surface area contributed by atoms with Gasteiger partial charge in [-0.1, -0.05) is 24.3 Å². The molecule has 2 rings (SSSR count). The molecule has 0 heterocycles. The number of esters is 1. The zero-order chi connectivity index (χ0) is 18.4. The number of sulfone groups is 1. The van der Waals surface area contributed by atoms with Gasteiger partial charge >= 0.3 is 5.97 Å². The van der Waals surface area contributed by atoms with Crippen LogP contribution in [0, 0.1) is 0 Å². The lowest BCUT2D eigenvalue weighted by Crippen LogP contribution is -2.21. The number of hydrogen-bond acceptors (Lipinski definition) is 6. The molecule has 0 spiro atoms. The van der Waals surface area contributed by atoms with Crippen molar-refractivity contribution in [2.45, 2.75) is 4.90 Å². The van der Waals surface area contributed by atoms with E-state index in [9.17, 15) is 18.0 Å². The number of halogens is 1. The summed E-state index contributed by atoms with van der Waals surface area (Å²) in [4.78, 5) is 23.1. The Bertz CT molecular complexity index is 883. The van der Waals surface area contributed by atoms with Gasteiger partial charge in [-0.3, -0.25) is 4.79 Å². The molecule has 0 aromatic heterocycles. The Morgan fingerprint density at radius 2 is 1.72 bits per heavy atom. The summed E-state index contributed by atoms with van der Waals surface area (Å²) in [6, 6.07) is 12.1. The van der Waals surface area contributed by atoms with Crippen molar-refractivity contribution in [1.82, 2.24) is 0 Å². The standard InChI is InChI=1S/C16H14BrNO6S/c17-13-8-4-7-12(15(13)23-9-14(18)19)16(20)24-10-25(21,22)11-5-2-1-3-6-11/h1-8H,9-10H2,(H2,18,19). The second-order valence-corrected chi connectivity index (χ2v) is 7.64. The Hall–Kier alpha value is -2.39. The number of benzene rings is 2. The summed E-state index contributed by atoms with van der Waals surface area (Å²) in [6.45, 7) is -0.439. The maximum atomic E-state index is 12.2. The molecule has 0 bridgehead atoms. The number of hydrogen-bond donors (Lipinski definition) is 1. The molecule has 132 valence electrons. The number of amides is 1. The molecule has 0 saturated carbocycles. The van der Waals surface area contributed by atoms with Gasteiger partial charge < -0.3 is 15.2 Å². The van der Waals surface area contributed by atoms with Gasteiger partial charge in [-0.05, 0) is 40.2 Å². The fourth-order valence-corrected chi connectivity index (χ4v) is 3.32. The third-order valence-electron chi connectivity index (χ3n) is 2.99. The zero-order valence-corrected chi connectivity index (χ0v) is 15.2. The van der Waals surface area contributed by atoms with Crippen LogP contribution in [0.2, 0.25) is 0 Å². The van der Waals surface area contributed by atoms with Crippen molar-refractivity contribution in [3.05, 3.63) is 58.6 Å². The number of carbonyl (C=O) groups is 2. The normalized spacial score (nSPS) is 10.9. The Labute approximate surface area is 152 Å². The van der Waals surface area contributed by atoms with Gasteiger partial charge in [0.15, 0.2) is 12.5 Å². The highest BCUT2D eigenvalue weighted by Gasteiger charge is 2.21. The molecule has 0 aliphatic rings. The van der Waals surface area contributed by atoms with Crippen molar-refractivity contribution in [3.8, 4) is 5.75 Å². The average molecular weight is 428 g/mol. The van der Waals surface area contributed by atoms with E-state index in [1.54, 1.807) is 30.3 Å². The molecule has 0 atom stereocenters. The van der Waals surface area contributed by atoms with Gasteiger partial charge in [-0.2, -0.15) is 0 Å². The van der Waals surface area contributed by atoms with Crippen LogP contribution in [0.1, 0.15) is 10.4 Å². The van der Waals surface area contributed by atoms with Gasteiger partial charge in [0.05, 0.1) is 9.37 Å². The predicted molar refractivity (Wildman–Crippen MR) is 92.7 cm³/mol. The maximum absolute atomic E-state index is 12.2. The van der Waals surface area contributed by atoms with Crippen LogP contribution < -0.4 is 10.5 Å². The van der Waals surface area contributed by atoms with Crippen LogP contribution >= 0.6 is 15.9 Å². The Kier molecular flexibility index (Phi) is 6.16.